The maximum absolute atomic E-state index is 11.4. The summed E-state index contributed by atoms with van der Waals surface area (Å²) in [6.45, 7) is 4.32. The first-order valence-corrected chi connectivity index (χ1v) is 8.21. The van der Waals surface area contributed by atoms with Gasteiger partial charge in [0.1, 0.15) is 12.4 Å². The monoisotopic (exact) mass is 402 g/mol. The molecule has 0 aliphatic carbocycles. The standard InChI is InChI=1S/C19H22N2O5.2Na/c1-13(2)17(19(24)25)16(18(22)23)11-14-3-5-15(6-4-14)26-10-9-21-8-7-20-12-21;;/h3-8,12-13H,9-11H2,1-2H3,(H,22,23)(H,24,25);;/q;2*+1/p-2/b17-16-;;. The fourth-order valence-electron chi connectivity index (χ4n) is 2.58. The van der Waals surface area contributed by atoms with Crippen LogP contribution in [0.3, 0.4) is 0 Å². The third kappa shape index (κ3) is 8.11. The molecule has 1 aromatic heterocycles. The second kappa shape index (κ2) is 13.2. The maximum atomic E-state index is 11.4. The van der Waals surface area contributed by atoms with Crippen LogP contribution in [0.25, 0.3) is 0 Å². The molecule has 1 heterocycles. The van der Waals surface area contributed by atoms with E-state index in [0.717, 1.165) is 0 Å². The zero-order valence-corrected chi connectivity index (χ0v) is 20.7. The zero-order valence-electron chi connectivity index (χ0n) is 16.7. The Bertz CT molecular complexity index is 787. The molecule has 0 N–H and O–H groups in total. The first-order chi connectivity index (χ1) is 12.4. The van der Waals surface area contributed by atoms with E-state index < -0.39 is 17.9 Å². The average Bonchev–Trinajstić information content (AvgIpc) is 3.08. The van der Waals surface area contributed by atoms with Crippen LogP contribution in [0.1, 0.15) is 19.4 Å². The van der Waals surface area contributed by atoms with Crippen LogP contribution in [-0.2, 0) is 22.6 Å². The van der Waals surface area contributed by atoms with E-state index in [0.29, 0.717) is 24.5 Å². The summed E-state index contributed by atoms with van der Waals surface area (Å²) in [5, 5.41) is 22.6. The first kappa shape index (κ1) is 26.9. The molecule has 0 bridgehead atoms. The summed E-state index contributed by atoms with van der Waals surface area (Å²) in [6.07, 6.45) is 5.17. The van der Waals surface area contributed by atoms with Gasteiger partial charge in [-0.1, -0.05) is 26.0 Å². The van der Waals surface area contributed by atoms with Crippen LogP contribution in [0.5, 0.6) is 5.75 Å². The van der Waals surface area contributed by atoms with Gasteiger partial charge >= 0.3 is 59.1 Å². The Morgan fingerprint density at radius 2 is 1.75 bits per heavy atom. The van der Waals surface area contributed by atoms with Gasteiger partial charge in [-0.25, -0.2) is 4.98 Å². The van der Waals surface area contributed by atoms with Gasteiger partial charge in [0.2, 0.25) is 0 Å². The van der Waals surface area contributed by atoms with Crippen molar-refractivity contribution in [3.63, 3.8) is 0 Å². The average molecular weight is 402 g/mol. The second-order valence-corrected chi connectivity index (χ2v) is 6.09. The normalized spacial score (nSPS) is 11.1. The van der Waals surface area contributed by atoms with Crippen LogP contribution in [0.4, 0.5) is 0 Å². The number of aromatic nitrogens is 2. The van der Waals surface area contributed by atoms with Crippen molar-refractivity contribution < 1.29 is 83.7 Å². The topological polar surface area (TPSA) is 107 Å². The van der Waals surface area contributed by atoms with E-state index in [2.05, 4.69) is 4.98 Å². The molecular weight excluding hydrogens is 382 g/mol. The van der Waals surface area contributed by atoms with Crippen molar-refractivity contribution in [2.24, 2.45) is 5.92 Å². The minimum Gasteiger partial charge on any atom is -0.545 e. The number of hydrogen-bond donors (Lipinski definition) is 0. The Kier molecular flexibility index (Phi) is 12.7. The second-order valence-electron chi connectivity index (χ2n) is 6.09. The van der Waals surface area contributed by atoms with Crippen molar-refractivity contribution in [2.75, 3.05) is 6.61 Å². The summed E-state index contributed by atoms with van der Waals surface area (Å²) >= 11 is 0. The molecule has 0 amide bonds. The number of carboxylic acids is 2. The van der Waals surface area contributed by atoms with E-state index in [1.165, 1.54) is 0 Å². The Labute approximate surface area is 208 Å². The van der Waals surface area contributed by atoms with Crippen molar-refractivity contribution in [1.82, 2.24) is 9.55 Å². The number of nitrogens with zero attached hydrogens (tertiary/aromatic N) is 2. The molecule has 0 fully saturated rings. The van der Waals surface area contributed by atoms with Crippen LogP contribution in [-0.4, -0.2) is 28.1 Å². The molecule has 0 unspecified atom stereocenters. The van der Waals surface area contributed by atoms with Crippen molar-refractivity contribution >= 4 is 11.9 Å². The Balaban J connectivity index is 0.00000364. The van der Waals surface area contributed by atoms with Gasteiger partial charge in [-0.2, -0.15) is 0 Å². The van der Waals surface area contributed by atoms with Gasteiger partial charge in [0.15, 0.2) is 0 Å². The van der Waals surface area contributed by atoms with Crippen LogP contribution < -0.4 is 74.1 Å². The van der Waals surface area contributed by atoms with E-state index in [4.69, 9.17) is 4.74 Å². The van der Waals surface area contributed by atoms with Gasteiger partial charge in [-0.3, -0.25) is 0 Å². The minimum atomic E-state index is -1.50. The van der Waals surface area contributed by atoms with Gasteiger partial charge in [0.05, 0.1) is 24.8 Å². The smallest absolute Gasteiger partial charge is 0.545 e. The molecule has 0 aliphatic rings. The number of imidazole rings is 1. The van der Waals surface area contributed by atoms with Crippen LogP contribution in [0, 0.1) is 5.92 Å². The molecule has 0 saturated carbocycles. The largest absolute Gasteiger partial charge is 1.00 e. The van der Waals surface area contributed by atoms with E-state index in [9.17, 15) is 19.8 Å². The minimum absolute atomic E-state index is 0. The zero-order chi connectivity index (χ0) is 19.1. The molecule has 7 nitrogen and oxygen atoms in total. The third-order valence-electron chi connectivity index (χ3n) is 3.85. The molecular formula is C19H20N2Na2O5. The van der Waals surface area contributed by atoms with E-state index >= 15 is 0 Å². The summed E-state index contributed by atoms with van der Waals surface area (Å²) in [5.74, 6) is -2.84. The molecule has 138 valence electrons. The molecule has 28 heavy (non-hydrogen) atoms. The van der Waals surface area contributed by atoms with Gasteiger partial charge in [-0.05, 0) is 41.2 Å². The number of carbonyl (C=O) groups is 2. The predicted octanol–water partition coefficient (Wildman–Crippen LogP) is -6.04. The fraction of sp³-hybridized carbons (Fsp3) is 0.316. The number of benzene rings is 1. The van der Waals surface area contributed by atoms with Crippen molar-refractivity contribution in [3.05, 3.63) is 59.7 Å². The molecule has 0 spiro atoms. The van der Waals surface area contributed by atoms with E-state index in [-0.39, 0.29) is 76.7 Å². The van der Waals surface area contributed by atoms with Crippen molar-refractivity contribution in [3.8, 4) is 5.75 Å². The Hall–Kier alpha value is -1.09. The van der Waals surface area contributed by atoms with Crippen LogP contribution in [0.15, 0.2) is 54.1 Å². The molecule has 2 aromatic rings. The summed E-state index contributed by atoms with van der Waals surface area (Å²) in [5.41, 5.74) is 0.130. The van der Waals surface area contributed by atoms with Crippen molar-refractivity contribution in [2.45, 2.75) is 26.8 Å². The van der Waals surface area contributed by atoms with Crippen LogP contribution in [0.2, 0.25) is 0 Å². The summed E-state index contributed by atoms with van der Waals surface area (Å²) < 4.78 is 7.50. The third-order valence-corrected chi connectivity index (χ3v) is 3.85. The quantitative estimate of drug-likeness (QED) is 0.305. The van der Waals surface area contributed by atoms with Gasteiger partial charge in [0.25, 0.3) is 0 Å². The summed E-state index contributed by atoms with van der Waals surface area (Å²) in [6, 6.07) is 6.82. The number of hydrogen-bond acceptors (Lipinski definition) is 6. The number of carbonyl (C=O) groups excluding carboxylic acids is 2. The molecule has 0 atom stereocenters. The van der Waals surface area contributed by atoms with Gasteiger partial charge in [-0.15, -0.1) is 0 Å². The molecule has 0 saturated heterocycles. The van der Waals surface area contributed by atoms with Gasteiger partial charge < -0.3 is 29.1 Å². The molecule has 0 aliphatic heterocycles. The number of aliphatic carboxylic acids is 2. The summed E-state index contributed by atoms with van der Waals surface area (Å²) in [4.78, 5) is 26.6. The molecule has 9 heteroatoms. The first-order valence-electron chi connectivity index (χ1n) is 8.21. The predicted molar refractivity (Wildman–Crippen MR) is 89.7 cm³/mol. The summed E-state index contributed by atoms with van der Waals surface area (Å²) in [7, 11) is 0. The number of carboxylic acid groups (broad SMARTS) is 2. The SMILES string of the molecule is CC(C)/C(C(=O)[O-])=C(\Cc1ccc(OCCn2ccnc2)cc1)C(=O)[O-].[Na+].[Na+]. The molecule has 2 rings (SSSR count). The molecule has 1 aromatic carbocycles. The number of ether oxygens (including phenoxy) is 1. The van der Waals surface area contributed by atoms with E-state index in [1.807, 2.05) is 10.8 Å². The van der Waals surface area contributed by atoms with Crippen LogP contribution >= 0.6 is 0 Å². The Morgan fingerprint density at radius 3 is 2.21 bits per heavy atom. The Morgan fingerprint density at radius 1 is 1.11 bits per heavy atom. The fourth-order valence-corrected chi connectivity index (χ4v) is 2.58. The van der Waals surface area contributed by atoms with E-state index in [1.54, 1.807) is 50.6 Å². The molecule has 0 radical (unpaired) electrons. The van der Waals surface area contributed by atoms with Crippen molar-refractivity contribution in [1.29, 1.82) is 0 Å². The number of rotatable bonds is 9. The van der Waals surface area contributed by atoms with Gasteiger partial charge in [0, 0.05) is 12.4 Å². The maximum Gasteiger partial charge on any atom is 1.00 e.